The number of nitrogens with zero attached hydrogens (tertiary/aromatic N) is 2. The van der Waals surface area contributed by atoms with Gasteiger partial charge in [0.25, 0.3) is 5.91 Å². The summed E-state index contributed by atoms with van der Waals surface area (Å²) < 4.78 is 7.41. The third-order valence-electron chi connectivity index (χ3n) is 3.58. The smallest absolute Gasteiger partial charge is 0.257 e. The maximum Gasteiger partial charge on any atom is 0.257 e. The van der Waals surface area contributed by atoms with E-state index in [1.165, 1.54) is 0 Å². The standard InChI is InChI=1S/C17H17N3O2/c1-18-16(21)11-22-13-5-3-12(4-6-13)14-7-9-19-17-15(14)8-10-20(17)2/h3-10H,11H2,1-2H3,(H,18,21). The van der Waals surface area contributed by atoms with Crippen molar-refractivity contribution in [2.75, 3.05) is 13.7 Å². The number of hydrogen-bond acceptors (Lipinski definition) is 3. The molecule has 0 radical (unpaired) electrons. The van der Waals surface area contributed by atoms with E-state index in [9.17, 15) is 4.79 Å². The summed E-state index contributed by atoms with van der Waals surface area (Å²) in [4.78, 5) is 15.6. The highest BCUT2D eigenvalue weighted by Crippen LogP contribution is 2.29. The highest BCUT2D eigenvalue weighted by Gasteiger charge is 2.07. The zero-order valence-corrected chi connectivity index (χ0v) is 12.5. The van der Waals surface area contributed by atoms with Crippen LogP contribution in [0.25, 0.3) is 22.2 Å². The number of aryl methyl sites for hydroxylation is 1. The fourth-order valence-electron chi connectivity index (χ4n) is 2.37. The minimum atomic E-state index is -0.149. The van der Waals surface area contributed by atoms with Crippen molar-refractivity contribution in [3.05, 3.63) is 48.8 Å². The van der Waals surface area contributed by atoms with Crippen molar-refractivity contribution >= 4 is 16.9 Å². The van der Waals surface area contributed by atoms with Gasteiger partial charge in [-0.15, -0.1) is 0 Å². The lowest BCUT2D eigenvalue weighted by molar-refractivity contribution is -0.122. The van der Waals surface area contributed by atoms with E-state index in [2.05, 4.69) is 16.4 Å². The van der Waals surface area contributed by atoms with Crippen molar-refractivity contribution < 1.29 is 9.53 Å². The predicted molar refractivity (Wildman–Crippen MR) is 85.7 cm³/mol. The monoisotopic (exact) mass is 295 g/mol. The van der Waals surface area contributed by atoms with E-state index in [0.717, 1.165) is 22.2 Å². The molecule has 0 aliphatic heterocycles. The van der Waals surface area contributed by atoms with Gasteiger partial charge in [0.15, 0.2) is 6.61 Å². The molecule has 0 spiro atoms. The molecule has 2 aromatic heterocycles. The SMILES string of the molecule is CNC(=O)COc1ccc(-c2ccnc3c2ccn3C)cc1. The van der Waals surface area contributed by atoms with Crippen LogP contribution in [0.15, 0.2) is 48.8 Å². The van der Waals surface area contributed by atoms with Crippen molar-refractivity contribution in [3.8, 4) is 16.9 Å². The number of aromatic nitrogens is 2. The molecule has 0 unspecified atom stereocenters. The summed E-state index contributed by atoms with van der Waals surface area (Å²) in [7, 11) is 3.57. The molecule has 3 rings (SSSR count). The van der Waals surface area contributed by atoms with E-state index >= 15 is 0 Å². The zero-order chi connectivity index (χ0) is 15.5. The Bertz CT molecular complexity index is 806. The van der Waals surface area contributed by atoms with Gasteiger partial charge in [-0.3, -0.25) is 4.79 Å². The second kappa shape index (κ2) is 5.89. The first-order valence-electron chi connectivity index (χ1n) is 7.03. The minimum Gasteiger partial charge on any atom is -0.484 e. The lowest BCUT2D eigenvalue weighted by Gasteiger charge is -2.07. The molecule has 22 heavy (non-hydrogen) atoms. The van der Waals surface area contributed by atoms with Gasteiger partial charge in [0.2, 0.25) is 0 Å². The van der Waals surface area contributed by atoms with Crippen molar-refractivity contribution in [3.63, 3.8) is 0 Å². The van der Waals surface area contributed by atoms with Crippen molar-refractivity contribution in [2.45, 2.75) is 0 Å². The van der Waals surface area contributed by atoms with Gasteiger partial charge in [0.1, 0.15) is 11.4 Å². The van der Waals surface area contributed by atoms with Crippen LogP contribution in [-0.2, 0) is 11.8 Å². The van der Waals surface area contributed by atoms with Crippen molar-refractivity contribution in [2.24, 2.45) is 7.05 Å². The average molecular weight is 295 g/mol. The molecular formula is C17H17N3O2. The largest absolute Gasteiger partial charge is 0.484 e. The fourth-order valence-corrected chi connectivity index (χ4v) is 2.37. The van der Waals surface area contributed by atoms with E-state index in [-0.39, 0.29) is 12.5 Å². The summed E-state index contributed by atoms with van der Waals surface area (Å²) in [5.41, 5.74) is 3.17. The number of fused-ring (bicyclic) bond motifs is 1. The van der Waals surface area contributed by atoms with E-state index in [0.29, 0.717) is 5.75 Å². The Kier molecular flexibility index (Phi) is 3.78. The number of amides is 1. The summed E-state index contributed by atoms with van der Waals surface area (Å²) in [6, 6.07) is 11.8. The third kappa shape index (κ3) is 2.65. The molecule has 2 heterocycles. The molecule has 0 saturated heterocycles. The van der Waals surface area contributed by atoms with Gasteiger partial charge in [-0.2, -0.15) is 0 Å². The first kappa shape index (κ1) is 14.1. The zero-order valence-electron chi connectivity index (χ0n) is 12.5. The molecule has 0 atom stereocenters. The van der Waals surface area contributed by atoms with E-state index < -0.39 is 0 Å². The first-order valence-corrected chi connectivity index (χ1v) is 7.03. The normalized spacial score (nSPS) is 10.6. The molecule has 3 aromatic rings. The highest BCUT2D eigenvalue weighted by molar-refractivity contribution is 5.93. The second-order valence-corrected chi connectivity index (χ2v) is 5.01. The van der Waals surface area contributed by atoms with Crippen LogP contribution in [0.2, 0.25) is 0 Å². The van der Waals surface area contributed by atoms with Gasteiger partial charge >= 0.3 is 0 Å². The second-order valence-electron chi connectivity index (χ2n) is 5.01. The van der Waals surface area contributed by atoms with Gasteiger partial charge in [-0.25, -0.2) is 4.98 Å². The summed E-state index contributed by atoms with van der Waals surface area (Å²) in [6.07, 6.45) is 3.82. The molecule has 5 nitrogen and oxygen atoms in total. The minimum absolute atomic E-state index is 0.0219. The number of likely N-dealkylation sites (N-methyl/N-ethyl adjacent to an activating group) is 1. The molecule has 0 bridgehead atoms. The van der Waals surface area contributed by atoms with Gasteiger partial charge in [-0.1, -0.05) is 12.1 Å². The molecule has 0 saturated carbocycles. The number of rotatable bonds is 4. The molecule has 1 amide bonds. The molecule has 0 aliphatic carbocycles. The number of ether oxygens (including phenoxy) is 1. The van der Waals surface area contributed by atoms with Crippen LogP contribution >= 0.6 is 0 Å². The maximum absolute atomic E-state index is 11.2. The van der Waals surface area contributed by atoms with Crippen LogP contribution in [0.3, 0.4) is 0 Å². The molecular weight excluding hydrogens is 278 g/mol. The van der Waals surface area contributed by atoms with Gasteiger partial charge < -0.3 is 14.6 Å². The number of carbonyl (C=O) groups excluding carboxylic acids is 1. The Morgan fingerprint density at radius 2 is 2.00 bits per heavy atom. The van der Waals surface area contributed by atoms with E-state index in [1.807, 2.05) is 54.3 Å². The molecule has 0 fully saturated rings. The van der Waals surface area contributed by atoms with Gasteiger partial charge in [-0.05, 0) is 35.4 Å². The van der Waals surface area contributed by atoms with Crippen molar-refractivity contribution in [1.29, 1.82) is 0 Å². The topological polar surface area (TPSA) is 56.1 Å². The maximum atomic E-state index is 11.2. The third-order valence-corrected chi connectivity index (χ3v) is 3.58. The molecule has 1 aromatic carbocycles. The van der Waals surface area contributed by atoms with Crippen LogP contribution in [0.1, 0.15) is 0 Å². The Morgan fingerprint density at radius 1 is 1.23 bits per heavy atom. The number of pyridine rings is 1. The lowest BCUT2D eigenvalue weighted by Crippen LogP contribution is -2.24. The lowest BCUT2D eigenvalue weighted by atomic mass is 10.0. The number of hydrogen-bond donors (Lipinski definition) is 1. The van der Waals surface area contributed by atoms with E-state index in [1.54, 1.807) is 7.05 Å². The van der Waals surface area contributed by atoms with Crippen LogP contribution in [0.4, 0.5) is 0 Å². The van der Waals surface area contributed by atoms with Crippen LogP contribution in [0, 0.1) is 0 Å². The quantitative estimate of drug-likeness (QED) is 0.804. The summed E-state index contributed by atoms with van der Waals surface area (Å²) >= 11 is 0. The number of nitrogens with one attached hydrogen (secondary N) is 1. The summed E-state index contributed by atoms with van der Waals surface area (Å²) in [5, 5.41) is 3.64. The van der Waals surface area contributed by atoms with Crippen LogP contribution in [-0.4, -0.2) is 29.1 Å². The van der Waals surface area contributed by atoms with Crippen molar-refractivity contribution in [1.82, 2.24) is 14.9 Å². The number of benzene rings is 1. The summed E-state index contributed by atoms with van der Waals surface area (Å²) in [5.74, 6) is 0.523. The Labute approximate surface area is 128 Å². The number of carbonyl (C=O) groups is 1. The van der Waals surface area contributed by atoms with Crippen LogP contribution in [0.5, 0.6) is 5.75 Å². The van der Waals surface area contributed by atoms with E-state index in [4.69, 9.17) is 4.74 Å². The Morgan fingerprint density at radius 3 is 2.73 bits per heavy atom. The Balaban J connectivity index is 1.87. The first-order chi connectivity index (χ1) is 10.7. The highest BCUT2D eigenvalue weighted by atomic mass is 16.5. The van der Waals surface area contributed by atoms with Gasteiger partial charge in [0, 0.05) is 31.9 Å². The molecule has 1 N–H and O–H groups in total. The fraction of sp³-hybridized carbons (Fsp3) is 0.176. The summed E-state index contributed by atoms with van der Waals surface area (Å²) in [6.45, 7) is 0.0219. The Hall–Kier alpha value is -2.82. The molecule has 5 heteroatoms. The molecule has 0 aliphatic rings. The molecule has 112 valence electrons. The van der Waals surface area contributed by atoms with Gasteiger partial charge in [0.05, 0.1) is 0 Å². The van der Waals surface area contributed by atoms with Crippen LogP contribution < -0.4 is 10.1 Å². The average Bonchev–Trinajstić information content (AvgIpc) is 2.94. The predicted octanol–water partition coefficient (Wildman–Crippen LogP) is 2.37.